The second-order valence-corrected chi connectivity index (χ2v) is 14.1. The summed E-state index contributed by atoms with van der Waals surface area (Å²) in [7, 11) is 0. The number of benzene rings is 8. The molecule has 0 spiro atoms. The van der Waals surface area contributed by atoms with E-state index < -0.39 is 0 Å². The maximum Gasteiger partial charge on any atom is 0.164 e. The molecule has 0 fully saturated rings. The van der Waals surface area contributed by atoms with Gasteiger partial charge in [-0.05, 0) is 50.5 Å². The standard InChI is InChI=1S/C46H26N4S/c1-2-9-31(10-3-1)44-48-45(50-46(49-44)34-26-24-29-18-17-27-11-8-12-28-23-25-33(34)40(29)39(27)28)32-21-19-30(20-22-32)42-41-36-14-5-7-16-38(36)51-43(41)35-13-4-6-15-37(35)47-42/h1-26H. The van der Waals surface area contributed by atoms with Crippen molar-refractivity contribution in [3.63, 3.8) is 0 Å². The van der Waals surface area contributed by atoms with Gasteiger partial charge in [-0.1, -0.05) is 140 Å². The monoisotopic (exact) mass is 666 g/mol. The van der Waals surface area contributed by atoms with E-state index in [0.29, 0.717) is 17.5 Å². The van der Waals surface area contributed by atoms with Crippen molar-refractivity contribution in [3.8, 4) is 45.4 Å². The molecule has 0 N–H and O–H groups in total. The third kappa shape index (κ3) is 4.38. The first-order valence-corrected chi connectivity index (χ1v) is 17.9. The van der Waals surface area contributed by atoms with Crippen LogP contribution in [0.25, 0.3) is 109 Å². The molecule has 0 saturated carbocycles. The molecule has 3 heterocycles. The van der Waals surface area contributed by atoms with Gasteiger partial charge in [0.2, 0.25) is 0 Å². The average molecular weight is 667 g/mol. The maximum absolute atomic E-state index is 5.24. The lowest BCUT2D eigenvalue weighted by Crippen LogP contribution is -2.01. The number of hydrogen-bond acceptors (Lipinski definition) is 5. The Hall–Kier alpha value is -6.56. The van der Waals surface area contributed by atoms with E-state index in [1.54, 1.807) is 0 Å². The van der Waals surface area contributed by atoms with Crippen LogP contribution in [0.2, 0.25) is 0 Å². The number of nitrogens with zero attached hydrogens (tertiary/aromatic N) is 4. The van der Waals surface area contributed by atoms with Crippen LogP contribution in [-0.2, 0) is 0 Å². The number of hydrogen-bond donors (Lipinski definition) is 0. The fraction of sp³-hybridized carbons (Fsp3) is 0. The Morgan fingerprint density at radius 1 is 0.353 bits per heavy atom. The van der Waals surface area contributed by atoms with E-state index >= 15 is 0 Å². The van der Waals surface area contributed by atoms with Gasteiger partial charge in [0.15, 0.2) is 17.5 Å². The van der Waals surface area contributed by atoms with Gasteiger partial charge >= 0.3 is 0 Å². The van der Waals surface area contributed by atoms with Crippen LogP contribution in [0.3, 0.4) is 0 Å². The third-order valence-corrected chi connectivity index (χ3v) is 11.3. The first-order chi connectivity index (χ1) is 25.3. The molecule has 51 heavy (non-hydrogen) atoms. The van der Waals surface area contributed by atoms with Crippen LogP contribution < -0.4 is 0 Å². The third-order valence-electron chi connectivity index (χ3n) is 10.1. The molecule has 11 aromatic rings. The van der Waals surface area contributed by atoms with Gasteiger partial charge in [-0.3, -0.25) is 0 Å². The number of pyridine rings is 1. The van der Waals surface area contributed by atoms with E-state index in [0.717, 1.165) is 38.9 Å². The average Bonchev–Trinajstić information content (AvgIpc) is 3.60. The van der Waals surface area contributed by atoms with Gasteiger partial charge in [0.05, 0.1) is 11.2 Å². The molecular weight excluding hydrogens is 641 g/mol. The van der Waals surface area contributed by atoms with Gasteiger partial charge in [0.25, 0.3) is 0 Å². The molecule has 0 atom stereocenters. The fourth-order valence-electron chi connectivity index (χ4n) is 7.67. The van der Waals surface area contributed by atoms with Crippen molar-refractivity contribution in [1.82, 2.24) is 19.9 Å². The lowest BCUT2D eigenvalue weighted by molar-refractivity contribution is 1.08. The van der Waals surface area contributed by atoms with Crippen molar-refractivity contribution in [2.75, 3.05) is 0 Å². The summed E-state index contributed by atoms with van der Waals surface area (Å²) in [5, 5.41) is 11.0. The number of aromatic nitrogens is 4. The molecule has 0 aliphatic heterocycles. The van der Waals surface area contributed by atoms with Crippen molar-refractivity contribution in [2.24, 2.45) is 0 Å². The largest absolute Gasteiger partial charge is 0.247 e. The van der Waals surface area contributed by atoms with Crippen molar-refractivity contribution >= 4 is 74.7 Å². The molecule has 0 unspecified atom stereocenters. The van der Waals surface area contributed by atoms with Gasteiger partial charge in [-0.2, -0.15) is 0 Å². The van der Waals surface area contributed by atoms with Gasteiger partial charge in [-0.25, -0.2) is 19.9 Å². The molecular formula is C46H26N4S. The van der Waals surface area contributed by atoms with Crippen LogP contribution >= 0.6 is 11.3 Å². The summed E-state index contributed by atoms with van der Waals surface area (Å²) in [4.78, 5) is 20.6. The number of para-hydroxylation sites is 1. The summed E-state index contributed by atoms with van der Waals surface area (Å²) in [6.45, 7) is 0. The summed E-state index contributed by atoms with van der Waals surface area (Å²) in [6.07, 6.45) is 0. The Labute approximate surface area is 296 Å². The molecule has 236 valence electrons. The van der Waals surface area contributed by atoms with E-state index in [2.05, 4.69) is 140 Å². The van der Waals surface area contributed by atoms with Gasteiger partial charge in [0.1, 0.15) is 0 Å². The number of thiophene rings is 1. The maximum atomic E-state index is 5.24. The minimum absolute atomic E-state index is 0.633. The molecule has 8 aromatic carbocycles. The normalized spacial score (nSPS) is 11.9. The van der Waals surface area contributed by atoms with Crippen molar-refractivity contribution in [2.45, 2.75) is 0 Å². The lowest BCUT2D eigenvalue weighted by Gasteiger charge is -2.14. The second-order valence-electron chi connectivity index (χ2n) is 13.0. The van der Waals surface area contributed by atoms with Gasteiger partial charge in [-0.15, -0.1) is 11.3 Å². The zero-order chi connectivity index (χ0) is 33.5. The summed E-state index contributed by atoms with van der Waals surface area (Å²) in [5.41, 5.74) is 5.90. The highest BCUT2D eigenvalue weighted by atomic mass is 32.1. The molecule has 0 amide bonds. The second kappa shape index (κ2) is 11.0. The van der Waals surface area contributed by atoms with Crippen LogP contribution in [0, 0.1) is 0 Å². The number of rotatable bonds is 4. The van der Waals surface area contributed by atoms with Crippen LogP contribution in [0.4, 0.5) is 0 Å². The van der Waals surface area contributed by atoms with E-state index in [4.69, 9.17) is 19.9 Å². The van der Waals surface area contributed by atoms with Crippen LogP contribution in [0.15, 0.2) is 158 Å². The SMILES string of the molecule is c1ccc(-c2nc(-c3ccc(-c4nc5ccccc5c5sc6ccccc6c45)cc3)nc(-c3ccc4ccc5cccc6ccc3c4c56)n2)cc1. The van der Waals surface area contributed by atoms with Crippen molar-refractivity contribution in [3.05, 3.63) is 158 Å². The Kier molecular flexibility index (Phi) is 6.09. The summed E-state index contributed by atoms with van der Waals surface area (Å²) >= 11 is 1.83. The fourth-order valence-corrected chi connectivity index (χ4v) is 8.91. The van der Waals surface area contributed by atoms with E-state index in [-0.39, 0.29) is 0 Å². The summed E-state index contributed by atoms with van der Waals surface area (Å²) < 4.78 is 2.53. The van der Waals surface area contributed by atoms with Gasteiger partial charge in [0, 0.05) is 47.8 Å². The zero-order valence-corrected chi connectivity index (χ0v) is 28.0. The highest BCUT2D eigenvalue weighted by Gasteiger charge is 2.19. The molecule has 0 saturated heterocycles. The summed E-state index contributed by atoms with van der Waals surface area (Å²) in [5.74, 6) is 1.94. The zero-order valence-electron chi connectivity index (χ0n) is 27.2. The van der Waals surface area contributed by atoms with Gasteiger partial charge < -0.3 is 0 Å². The lowest BCUT2D eigenvalue weighted by atomic mass is 9.92. The molecule has 3 aromatic heterocycles. The first kappa shape index (κ1) is 28.3. The Morgan fingerprint density at radius 2 is 0.961 bits per heavy atom. The van der Waals surface area contributed by atoms with E-state index in [1.165, 1.54) is 52.5 Å². The van der Waals surface area contributed by atoms with Crippen molar-refractivity contribution in [1.29, 1.82) is 0 Å². The predicted octanol–water partition coefficient (Wildman–Crippen LogP) is 12.4. The first-order valence-electron chi connectivity index (χ1n) is 17.1. The quantitative estimate of drug-likeness (QED) is 0.175. The van der Waals surface area contributed by atoms with E-state index in [9.17, 15) is 0 Å². The topological polar surface area (TPSA) is 51.6 Å². The highest BCUT2D eigenvalue weighted by molar-refractivity contribution is 7.26. The molecule has 0 aliphatic carbocycles. The molecule has 4 nitrogen and oxygen atoms in total. The Balaban J connectivity index is 1.10. The van der Waals surface area contributed by atoms with E-state index in [1.807, 2.05) is 29.5 Å². The summed E-state index contributed by atoms with van der Waals surface area (Å²) in [6, 6.07) is 55.4. The van der Waals surface area contributed by atoms with Crippen LogP contribution in [0.5, 0.6) is 0 Å². The minimum Gasteiger partial charge on any atom is -0.247 e. The molecule has 0 radical (unpaired) electrons. The molecule has 11 rings (SSSR count). The molecule has 0 aliphatic rings. The van der Waals surface area contributed by atoms with Crippen LogP contribution in [0.1, 0.15) is 0 Å². The predicted molar refractivity (Wildman–Crippen MR) is 213 cm³/mol. The highest BCUT2D eigenvalue weighted by Crippen LogP contribution is 2.43. The number of fused-ring (bicyclic) bond motifs is 5. The molecule has 5 heteroatoms. The van der Waals surface area contributed by atoms with Crippen LogP contribution in [-0.4, -0.2) is 19.9 Å². The smallest absolute Gasteiger partial charge is 0.164 e. The Bertz CT molecular complexity index is 3110. The molecule has 0 bridgehead atoms. The van der Waals surface area contributed by atoms with Crippen molar-refractivity contribution < 1.29 is 0 Å². The minimum atomic E-state index is 0.633. The Morgan fingerprint density at radius 3 is 1.76 bits per heavy atom.